The monoisotopic (exact) mass is 476 g/mol. The minimum absolute atomic E-state index is 0.196. The lowest BCUT2D eigenvalue weighted by atomic mass is 9.84. The zero-order valence-electron chi connectivity index (χ0n) is 18.0. The highest BCUT2D eigenvalue weighted by Crippen LogP contribution is 2.41. The van der Waals surface area contributed by atoms with Gasteiger partial charge in [-0.15, -0.1) is 0 Å². The highest BCUT2D eigenvalue weighted by molar-refractivity contribution is 6.31. The number of nitrogens with zero attached hydrogens (tertiary/aromatic N) is 3. The number of benzene rings is 1. The fourth-order valence-electron chi connectivity index (χ4n) is 4.06. The first-order valence-electron chi connectivity index (χ1n) is 10.2. The van der Waals surface area contributed by atoms with E-state index < -0.39 is 28.6 Å². The van der Waals surface area contributed by atoms with Gasteiger partial charge in [-0.3, -0.25) is 19.3 Å². The summed E-state index contributed by atoms with van der Waals surface area (Å²) in [7, 11) is 0. The van der Waals surface area contributed by atoms with Crippen molar-refractivity contribution in [2.45, 2.75) is 45.3 Å². The molecule has 1 N–H and O–H groups in total. The Bertz CT molecular complexity index is 1270. The Morgan fingerprint density at radius 3 is 2.61 bits per heavy atom. The molecule has 2 aromatic heterocycles. The average molecular weight is 477 g/mol. The van der Waals surface area contributed by atoms with Crippen molar-refractivity contribution in [3.05, 3.63) is 75.3 Å². The SMILES string of the molecule is Cc1cncc(C(=O)Nc2cnn3c2C(=O)C(c2ccc(C(F)(F)F)c(Cl)c2)C[C@@H]3C)c1C. The molecule has 1 amide bonds. The van der Waals surface area contributed by atoms with E-state index in [0.29, 0.717) is 17.5 Å². The van der Waals surface area contributed by atoms with Gasteiger partial charge in [-0.05, 0) is 56.0 Å². The number of fused-ring (bicyclic) bond motifs is 1. The fraction of sp³-hybridized carbons (Fsp3) is 0.304. The third-order valence-corrected chi connectivity index (χ3v) is 6.31. The number of pyridine rings is 1. The summed E-state index contributed by atoms with van der Waals surface area (Å²) in [6.07, 6.45) is 0.258. The standard InChI is InChI=1S/C23H20ClF3N4O2/c1-11-8-28-9-16(13(11)3)22(33)30-19-10-29-31-12(2)6-15(21(32)20(19)31)14-4-5-17(18(24)7-14)23(25,26)27/h4-5,7-10,12,15H,6H2,1-3H3,(H,30,33)/t12-,15?/m0/s1. The number of nitrogens with one attached hydrogen (secondary N) is 1. The number of hydrogen-bond acceptors (Lipinski definition) is 4. The van der Waals surface area contributed by atoms with Crippen LogP contribution in [-0.2, 0) is 6.18 Å². The molecule has 0 radical (unpaired) electrons. The lowest BCUT2D eigenvalue weighted by Gasteiger charge is -2.28. The van der Waals surface area contributed by atoms with E-state index in [2.05, 4.69) is 15.4 Å². The van der Waals surface area contributed by atoms with Gasteiger partial charge in [0.15, 0.2) is 5.78 Å². The summed E-state index contributed by atoms with van der Waals surface area (Å²) in [6, 6.07) is 3.12. The van der Waals surface area contributed by atoms with Crippen molar-refractivity contribution in [2.75, 3.05) is 5.32 Å². The smallest absolute Gasteiger partial charge is 0.319 e. The summed E-state index contributed by atoms with van der Waals surface area (Å²) in [5.41, 5.74) is 1.85. The van der Waals surface area contributed by atoms with Gasteiger partial charge in [0.25, 0.3) is 5.91 Å². The first-order valence-corrected chi connectivity index (χ1v) is 10.6. The number of ketones is 1. The molecule has 1 aliphatic heterocycles. The molecule has 0 spiro atoms. The maximum Gasteiger partial charge on any atom is 0.417 e. The second kappa shape index (κ2) is 8.30. The van der Waals surface area contributed by atoms with Gasteiger partial charge in [-0.25, -0.2) is 0 Å². The van der Waals surface area contributed by atoms with Crippen LogP contribution in [0.25, 0.3) is 0 Å². The van der Waals surface area contributed by atoms with Gasteiger partial charge in [0.2, 0.25) is 0 Å². The van der Waals surface area contributed by atoms with Crippen LogP contribution in [0.3, 0.4) is 0 Å². The molecule has 1 aromatic carbocycles. The van der Waals surface area contributed by atoms with Crippen molar-refractivity contribution in [3.8, 4) is 0 Å². The van der Waals surface area contributed by atoms with Crippen LogP contribution in [0, 0.1) is 13.8 Å². The number of alkyl halides is 3. The number of anilines is 1. The van der Waals surface area contributed by atoms with E-state index in [-0.39, 0.29) is 23.2 Å². The minimum atomic E-state index is -4.58. The van der Waals surface area contributed by atoms with E-state index in [9.17, 15) is 22.8 Å². The molecule has 10 heteroatoms. The molecule has 33 heavy (non-hydrogen) atoms. The van der Waals surface area contributed by atoms with Crippen molar-refractivity contribution in [3.63, 3.8) is 0 Å². The molecule has 0 saturated carbocycles. The number of amides is 1. The fourth-order valence-corrected chi connectivity index (χ4v) is 4.36. The topological polar surface area (TPSA) is 76.9 Å². The van der Waals surface area contributed by atoms with Crippen LogP contribution >= 0.6 is 11.6 Å². The van der Waals surface area contributed by atoms with E-state index in [1.165, 1.54) is 29.2 Å². The second-order valence-corrected chi connectivity index (χ2v) is 8.58. The van der Waals surface area contributed by atoms with E-state index in [4.69, 9.17) is 11.6 Å². The molecule has 172 valence electrons. The summed E-state index contributed by atoms with van der Waals surface area (Å²) in [5.74, 6) is -1.50. The molecule has 1 unspecified atom stereocenters. The van der Waals surface area contributed by atoms with Gasteiger partial charge in [0.05, 0.1) is 40.0 Å². The van der Waals surface area contributed by atoms with Crippen LogP contribution in [0.4, 0.5) is 18.9 Å². The van der Waals surface area contributed by atoms with Crippen LogP contribution in [0.1, 0.15) is 68.4 Å². The van der Waals surface area contributed by atoms with Crippen molar-refractivity contribution >= 4 is 29.0 Å². The molecule has 2 atom stereocenters. The molecule has 0 bridgehead atoms. The van der Waals surface area contributed by atoms with Crippen molar-refractivity contribution < 1.29 is 22.8 Å². The minimum Gasteiger partial charge on any atom is -0.319 e. The third-order valence-electron chi connectivity index (χ3n) is 6.00. The molecule has 6 nitrogen and oxygen atoms in total. The highest BCUT2D eigenvalue weighted by Gasteiger charge is 2.38. The summed E-state index contributed by atoms with van der Waals surface area (Å²) >= 11 is 5.88. The molecule has 1 aliphatic rings. The van der Waals surface area contributed by atoms with Gasteiger partial charge in [0, 0.05) is 12.4 Å². The Morgan fingerprint density at radius 2 is 1.94 bits per heavy atom. The Labute approximate surface area is 192 Å². The number of rotatable bonds is 3. The predicted octanol–water partition coefficient (Wildman–Crippen LogP) is 5.75. The zero-order valence-corrected chi connectivity index (χ0v) is 18.8. The zero-order chi connectivity index (χ0) is 24.1. The van der Waals surface area contributed by atoms with Crippen molar-refractivity contribution in [1.29, 1.82) is 0 Å². The van der Waals surface area contributed by atoms with Crippen LogP contribution < -0.4 is 5.32 Å². The van der Waals surface area contributed by atoms with Gasteiger partial charge in [-0.1, -0.05) is 17.7 Å². The van der Waals surface area contributed by atoms with Crippen molar-refractivity contribution in [2.24, 2.45) is 0 Å². The number of carbonyl (C=O) groups excluding carboxylic acids is 2. The first-order chi connectivity index (χ1) is 15.5. The second-order valence-electron chi connectivity index (χ2n) is 8.17. The lowest BCUT2D eigenvalue weighted by molar-refractivity contribution is -0.137. The molecule has 3 heterocycles. The third kappa shape index (κ3) is 4.13. The van der Waals surface area contributed by atoms with Gasteiger partial charge in [0.1, 0.15) is 5.69 Å². The summed E-state index contributed by atoms with van der Waals surface area (Å²) < 4.78 is 40.8. The molecular weight excluding hydrogens is 457 g/mol. The van der Waals surface area contributed by atoms with Gasteiger partial charge < -0.3 is 5.32 Å². The van der Waals surface area contributed by atoms with Crippen LogP contribution in [0.2, 0.25) is 5.02 Å². The Hall–Kier alpha value is -3.20. The van der Waals surface area contributed by atoms with Gasteiger partial charge >= 0.3 is 6.18 Å². The van der Waals surface area contributed by atoms with E-state index in [0.717, 1.165) is 17.2 Å². The predicted molar refractivity (Wildman–Crippen MR) is 117 cm³/mol. The highest BCUT2D eigenvalue weighted by atomic mass is 35.5. The normalized spacial score (nSPS) is 18.2. The van der Waals surface area contributed by atoms with Crippen molar-refractivity contribution in [1.82, 2.24) is 14.8 Å². The molecule has 0 fully saturated rings. The van der Waals surface area contributed by atoms with E-state index >= 15 is 0 Å². The van der Waals surface area contributed by atoms with Crippen LogP contribution in [-0.4, -0.2) is 26.5 Å². The maximum absolute atomic E-state index is 13.4. The number of carbonyl (C=O) groups is 2. The molecular formula is C23H20ClF3N4O2. The summed E-state index contributed by atoms with van der Waals surface area (Å²) in [5, 5.41) is 6.53. The first kappa shape index (κ1) is 23.0. The van der Waals surface area contributed by atoms with E-state index in [1.807, 2.05) is 13.8 Å². The Kier molecular flexibility index (Phi) is 5.78. The Morgan fingerprint density at radius 1 is 1.21 bits per heavy atom. The average Bonchev–Trinajstić information content (AvgIpc) is 3.16. The van der Waals surface area contributed by atoms with Crippen LogP contribution in [0.5, 0.6) is 0 Å². The quantitative estimate of drug-likeness (QED) is 0.522. The number of hydrogen-bond donors (Lipinski definition) is 1. The molecule has 4 rings (SSSR count). The lowest BCUT2D eigenvalue weighted by Crippen LogP contribution is -2.29. The molecule has 0 saturated heterocycles. The maximum atomic E-state index is 13.4. The molecule has 3 aromatic rings. The summed E-state index contributed by atoms with van der Waals surface area (Å²) in [6.45, 7) is 5.49. The van der Waals surface area contributed by atoms with Crippen LogP contribution in [0.15, 0.2) is 36.8 Å². The number of aromatic nitrogens is 3. The number of Topliss-reactive ketones (excluding diaryl/α,β-unsaturated/α-hetero) is 1. The number of halogens is 4. The number of aryl methyl sites for hydroxylation is 1. The van der Waals surface area contributed by atoms with E-state index in [1.54, 1.807) is 13.1 Å². The molecule has 0 aliphatic carbocycles. The largest absolute Gasteiger partial charge is 0.417 e. The summed E-state index contributed by atoms with van der Waals surface area (Å²) in [4.78, 5) is 30.3. The van der Waals surface area contributed by atoms with Gasteiger partial charge in [-0.2, -0.15) is 18.3 Å². The Balaban J connectivity index is 1.67.